The number of carbonyl (C=O) groups is 1. The molecule has 0 spiro atoms. The summed E-state index contributed by atoms with van der Waals surface area (Å²) >= 11 is 1.68. The molecule has 1 heterocycles. The molecule has 0 radical (unpaired) electrons. The number of hydrogen-bond donors (Lipinski definition) is 1. The molecule has 1 N–H and O–H groups in total. The highest BCUT2D eigenvalue weighted by Crippen LogP contribution is 2.27. The van der Waals surface area contributed by atoms with E-state index in [-0.39, 0.29) is 11.2 Å². The van der Waals surface area contributed by atoms with Gasteiger partial charge in [0.1, 0.15) is 5.76 Å². The van der Waals surface area contributed by atoms with E-state index in [1.165, 1.54) is 19.3 Å². The van der Waals surface area contributed by atoms with Crippen molar-refractivity contribution in [2.24, 2.45) is 11.8 Å². The van der Waals surface area contributed by atoms with E-state index >= 15 is 0 Å². The van der Waals surface area contributed by atoms with Gasteiger partial charge < -0.3 is 9.73 Å². The van der Waals surface area contributed by atoms with E-state index < -0.39 is 0 Å². The minimum atomic E-state index is -0.00998. The average molecular weight is 309 g/mol. The zero-order chi connectivity index (χ0) is 15.2. The Kier molecular flexibility index (Phi) is 6.22. The van der Waals surface area contributed by atoms with Gasteiger partial charge in [0.25, 0.3) is 0 Å². The second kappa shape index (κ2) is 7.92. The highest BCUT2D eigenvalue weighted by Gasteiger charge is 2.28. The Hall–Kier alpha value is -0.900. The van der Waals surface area contributed by atoms with Crippen molar-refractivity contribution in [2.75, 3.05) is 0 Å². The number of amides is 1. The maximum atomic E-state index is 12.6. The van der Waals surface area contributed by atoms with Crippen LogP contribution in [0.5, 0.6) is 0 Å². The lowest BCUT2D eigenvalue weighted by molar-refractivity contribution is -0.122. The van der Waals surface area contributed by atoms with Crippen LogP contribution in [0.4, 0.5) is 0 Å². The molecule has 118 valence electrons. The van der Waals surface area contributed by atoms with Crippen LogP contribution in [-0.2, 0) is 10.5 Å². The Bertz CT molecular complexity index is 430. The van der Waals surface area contributed by atoms with Crippen molar-refractivity contribution in [3.8, 4) is 0 Å². The first-order chi connectivity index (χ1) is 10.1. The molecule has 1 aliphatic carbocycles. The number of carbonyl (C=O) groups excluding carboxylic acids is 1. The van der Waals surface area contributed by atoms with Gasteiger partial charge in [-0.05, 0) is 36.8 Å². The topological polar surface area (TPSA) is 42.2 Å². The molecule has 1 fully saturated rings. The number of hydrogen-bond acceptors (Lipinski definition) is 3. The van der Waals surface area contributed by atoms with Crippen LogP contribution in [0.1, 0.15) is 52.2 Å². The Labute approximate surface area is 132 Å². The van der Waals surface area contributed by atoms with E-state index in [2.05, 4.69) is 26.1 Å². The van der Waals surface area contributed by atoms with Crippen molar-refractivity contribution in [1.82, 2.24) is 5.32 Å². The fraction of sp³-hybridized carbons (Fsp3) is 0.706. The lowest BCUT2D eigenvalue weighted by Gasteiger charge is -2.31. The molecule has 0 bridgehead atoms. The van der Waals surface area contributed by atoms with Crippen LogP contribution in [0.2, 0.25) is 0 Å². The van der Waals surface area contributed by atoms with Crippen LogP contribution < -0.4 is 5.32 Å². The molecule has 1 aliphatic rings. The number of thioether (sulfide) groups is 1. The van der Waals surface area contributed by atoms with E-state index in [1.54, 1.807) is 18.0 Å². The molecule has 3 unspecified atom stereocenters. The van der Waals surface area contributed by atoms with Gasteiger partial charge in [-0.1, -0.05) is 33.6 Å². The summed E-state index contributed by atoms with van der Waals surface area (Å²) in [6.07, 6.45) is 6.58. The molecule has 3 atom stereocenters. The molecular formula is C17H27NO2S. The van der Waals surface area contributed by atoms with Crippen molar-refractivity contribution >= 4 is 17.7 Å². The largest absolute Gasteiger partial charge is 0.468 e. The summed E-state index contributed by atoms with van der Waals surface area (Å²) in [5.41, 5.74) is 0. The predicted octanol–water partition coefficient (Wildman–Crippen LogP) is 4.23. The highest BCUT2D eigenvalue weighted by molar-refractivity contribution is 7.99. The van der Waals surface area contributed by atoms with Gasteiger partial charge in [-0.2, -0.15) is 0 Å². The molecule has 0 aliphatic heterocycles. The Morgan fingerprint density at radius 1 is 1.43 bits per heavy atom. The fourth-order valence-corrected chi connectivity index (χ4v) is 4.05. The van der Waals surface area contributed by atoms with E-state index in [0.717, 1.165) is 17.9 Å². The fourth-order valence-electron chi connectivity index (χ4n) is 2.93. The number of rotatable bonds is 6. The van der Waals surface area contributed by atoms with Crippen LogP contribution in [0, 0.1) is 11.8 Å². The summed E-state index contributed by atoms with van der Waals surface area (Å²) in [6, 6.07) is 4.21. The lowest BCUT2D eigenvalue weighted by atomic mass is 9.86. The van der Waals surface area contributed by atoms with Crippen LogP contribution in [-0.4, -0.2) is 17.2 Å². The predicted molar refractivity (Wildman–Crippen MR) is 88.2 cm³/mol. The quantitative estimate of drug-likeness (QED) is 0.855. The third-order valence-electron chi connectivity index (χ3n) is 4.29. The van der Waals surface area contributed by atoms with Crippen LogP contribution in [0.15, 0.2) is 22.8 Å². The first kappa shape index (κ1) is 16.5. The minimum absolute atomic E-state index is 0.00998. The monoisotopic (exact) mass is 309 g/mol. The van der Waals surface area contributed by atoms with Crippen molar-refractivity contribution in [1.29, 1.82) is 0 Å². The third-order valence-corrected chi connectivity index (χ3v) is 5.86. The van der Waals surface area contributed by atoms with E-state index in [4.69, 9.17) is 4.42 Å². The second-order valence-corrected chi connectivity index (χ2v) is 7.56. The van der Waals surface area contributed by atoms with Gasteiger partial charge in [-0.15, -0.1) is 11.8 Å². The first-order valence-corrected chi connectivity index (χ1v) is 9.07. The standard InChI is InChI=1S/C17H27NO2S/c1-12(2)16(21-11-14-8-6-10-20-14)17(19)18-15-9-5-4-7-13(15)3/h6,8,10,12-13,15-16H,4-5,7,9,11H2,1-3H3,(H,18,19). The second-order valence-electron chi connectivity index (χ2n) is 6.43. The molecule has 0 saturated heterocycles. The van der Waals surface area contributed by atoms with Gasteiger partial charge in [0.15, 0.2) is 0 Å². The zero-order valence-electron chi connectivity index (χ0n) is 13.3. The van der Waals surface area contributed by atoms with Crippen LogP contribution in [0.25, 0.3) is 0 Å². The molecule has 1 aromatic heterocycles. The third kappa shape index (κ3) is 4.80. The van der Waals surface area contributed by atoms with Crippen molar-refractivity contribution in [3.05, 3.63) is 24.2 Å². The molecule has 1 aromatic rings. The summed E-state index contributed by atoms with van der Waals surface area (Å²) in [7, 11) is 0. The van der Waals surface area contributed by atoms with Gasteiger partial charge in [0.2, 0.25) is 5.91 Å². The minimum Gasteiger partial charge on any atom is -0.468 e. The molecule has 0 aromatic carbocycles. The molecule has 2 rings (SSSR count). The molecule has 1 amide bonds. The van der Waals surface area contributed by atoms with Gasteiger partial charge in [-0.3, -0.25) is 4.79 Å². The SMILES string of the molecule is CC(C)C(SCc1ccco1)C(=O)NC1CCCCC1C. The smallest absolute Gasteiger partial charge is 0.233 e. The Balaban J connectivity index is 1.88. The van der Waals surface area contributed by atoms with Gasteiger partial charge in [0, 0.05) is 6.04 Å². The van der Waals surface area contributed by atoms with E-state index in [9.17, 15) is 4.79 Å². The van der Waals surface area contributed by atoms with Crippen molar-refractivity contribution < 1.29 is 9.21 Å². The number of nitrogens with one attached hydrogen (secondary N) is 1. The average Bonchev–Trinajstić information content (AvgIpc) is 2.94. The summed E-state index contributed by atoms with van der Waals surface area (Å²) in [5.74, 6) is 2.81. The Morgan fingerprint density at radius 3 is 2.81 bits per heavy atom. The van der Waals surface area contributed by atoms with Crippen LogP contribution >= 0.6 is 11.8 Å². The molecule has 4 heteroatoms. The maximum Gasteiger partial charge on any atom is 0.233 e. The molecule has 3 nitrogen and oxygen atoms in total. The van der Waals surface area contributed by atoms with Crippen molar-refractivity contribution in [3.63, 3.8) is 0 Å². The number of furan rings is 1. The first-order valence-electron chi connectivity index (χ1n) is 8.02. The lowest BCUT2D eigenvalue weighted by Crippen LogP contribution is -2.46. The summed E-state index contributed by atoms with van der Waals surface area (Å²) < 4.78 is 5.36. The van der Waals surface area contributed by atoms with Gasteiger partial charge in [-0.25, -0.2) is 0 Å². The highest BCUT2D eigenvalue weighted by atomic mass is 32.2. The molecular weight excluding hydrogens is 282 g/mol. The summed E-state index contributed by atoms with van der Waals surface area (Å²) in [4.78, 5) is 12.6. The van der Waals surface area contributed by atoms with Crippen molar-refractivity contribution in [2.45, 2.75) is 63.5 Å². The van der Waals surface area contributed by atoms with Gasteiger partial charge in [0.05, 0.1) is 17.3 Å². The Morgan fingerprint density at radius 2 is 2.19 bits per heavy atom. The summed E-state index contributed by atoms with van der Waals surface area (Å²) in [6.45, 7) is 6.48. The van der Waals surface area contributed by atoms with Gasteiger partial charge >= 0.3 is 0 Å². The normalized spacial score (nSPS) is 24.0. The maximum absolute atomic E-state index is 12.6. The summed E-state index contributed by atoms with van der Waals surface area (Å²) in [5, 5.41) is 3.28. The van der Waals surface area contributed by atoms with E-state index in [1.807, 2.05) is 12.1 Å². The van der Waals surface area contributed by atoms with Crippen LogP contribution in [0.3, 0.4) is 0 Å². The zero-order valence-corrected chi connectivity index (χ0v) is 14.1. The molecule has 1 saturated carbocycles. The van der Waals surface area contributed by atoms with E-state index in [0.29, 0.717) is 17.9 Å². The molecule has 21 heavy (non-hydrogen) atoms.